The molecule has 3 aromatic rings. The summed E-state index contributed by atoms with van der Waals surface area (Å²) in [5.41, 5.74) is 0.797. The second-order valence-electron chi connectivity index (χ2n) is 7.60. The van der Waals surface area contributed by atoms with Gasteiger partial charge in [-0.2, -0.15) is 0 Å². The third kappa shape index (κ3) is 3.56. The first-order chi connectivity index (χ1) is 14.6. The van der Waals surface area contributed by atoms with Crippen LogP contribution in [0.5, 0.6) is 5.88 Å². The summed E-state index contributed by atoms with van der Waals surface area (Å²) >= 11 is 3.37. The fraction of sp³-hybridized carbons (Fsp3) is 0.273. The zero-order valence-electron chi connectivity index (χ0n) is 15.9. The van der Waals surface area contributed by atoms with Crippen LogP contribution < -0.4 is 4.74 Å². The molecule has 1 amide bonds. The molecular weight excluding hydrogens is 451 g/mol. The van der Waals surface area contributed by atoms with E-state index in [4.69, 9.17) is 4.74 Å². The topological polar surface area (TPSA) is 68.2 Å². The molecule has 1 aliphatic heterocycles. The molecule has 0 unspecified atom stereocenters. The fourth-order valence-corrected chi connectivity index (χ4v) is 4.63. The van der Waals surface area contributed by atoms with Gasteiger partial charge < -0.3 is 9.64 Å². The summed E-state index contributed by atoms with van der Waals surface area (Å²) in [7, 11) is 0. The Bertz CT molecular complexity index is 1080. The Morgan fingerprint density at radius 3 is 2.70 bits per heavy atom. The molecule has 3 heterocycles. The SMILES string of the molecule is O=C(c1cc(F)ccc1-c1ncccn1)N1C[C@H]2C[C@@H](Oc3ccc(Br)cn3)[C@@H]1C2. The molecule has 30 heavy (non-hydrogen) atoms. The zero-order valence-corrected chi connectivity index (χ0v) is 17.5. The van der Waals surface area contributed by atoms with Crippen LogP contribution in [-0.4, -0.2) is 44.4 Å². The van der Waals surface area contributed by atoms with Crippen LogP contribution >= 0.6 is 15.9 Å². The Hall–Kier alpha value is -2.87. The summed E-state index contributed by atoms with van der Waals surface area (Å²) in [4.78, 5) is 28.0. The molecule has 2 bridgehead atoms. The second-order valence-corrected chi connectivity index (χ2v) is 8.51. The van der Waals surface area contributed by atoms with Crippen LogP contribution in [-0.2, 0) is 0 Å². The average Bonchev–Trinajstić information content (AvgIpc) is 3.36. The highest BCUT2D eigenvalue weighted by atomic mass is 79.9. The molecule has 1 aliphatic carbocycles. The summed E-state index contributed by atoms with van der Waals surface area (Å²) in [6, 6.07) is 9.46. The number of piperidine rings is 1. The molecular formula is C22H18BrFN4O2. The summed E-state index contributed by atoms with van der Waals surface area (Å²) in [6.45, 7) is 0.642. The van der Waals surface area contributed by atoms with E-state index < -0.39 is 5.82 Å². The molecule has 152 valence electrons. The molecule has 2 fully saturated rings. The number of fused-ring (bicyclic) bond motifs is 2. The van der Waals surface area contributed by atoms with Crippen LogP contribution in [0.15, 0.2) is 59.5 Å². The number of carbonyl (C=O) groups is 1. The van der Waals surface area contributed by atoms with Crippen molar-refractivity contribution in [3.05, 3.63) is 70.8 Å². The zero-order chi connectivity index (χ0) is 20.7. The molecule has 1 aromatic carbocycles. The maximum atomic E-state index is 14.0. The summed E-state index contributed by atoms with van der Waals surface area (Å²) < 4.78 is 21.0. The maximum absolute atomic E-state index is 14.0. The highest BCUT2D eigenvalue weighted by Gasteiger charge is 2.48. The van der Waals surface area contributed by atoms with E-state index in [0.29, 0.717) is 29.7 Å². The predicted molar refractivity (Wildman–Crippen MR) is 111 cm³/mol. The molecule has 6 nitrogen and oxygen atoms in total. The predicted octanol–water partition coefficient (Wildman–Crippen LogP) is 4.12. The third-order valence-corrected chi connectivity index (χ3v) is 6.15. The normalized spacial score (nSPS) is 22.3. The van der Waals surface area contributed by atoms with E-state index in [1.54, 1.807) is 41.7 Å². The molecule has 1 saturated carbocycles. The lowest BCUT2D eigenvalue weighted by Crippen LogP contribution is -2.47. The van der Waals surface area contributed by atoms with Crippen molar-refractivity contribution < 1.29 is 13.9 Å². The second kappa shape index (κ2) is 7.75. The largest absolute Gasteiger partial charge is 0.472 e. The van der Waals surface area contributed by atoms with E-state index in [-0.39, 0.29) is 23.6 Å². The van der Waals surface area contributed by atoms with Crippen molar-refractivity contribution in [3.8, 4) is 17.3 Å². The molecule has 8 heteroatoms. The number of nitrogens with zero attached hydrogens (tertiary/aromatic N) is 4. The minimum absolute atomic E-state index is 0.0687. The van der Waals surface area contributed by atoms with Crippen molar-refractivity contribution >= 4 is 21.8 Å². The number of hydrogen-bond acceptors (Lipinski definition) is 5. The Kier molecular flexibility index (Phi) is 4.94. The van der Waals surface area contributed by atoms with Gasteiger partial charge in [0.1, 0.15) is 11.9 Å². The van der Waals surface area contributed by atoms with Crippen LogP contribution in [0.2, 0.25) is 0 Å². The third-order valence-electron chi connectivity index (χ3n) is 5.68. The minimum Gasteiger partial charge on any atom is -0.472 e. The van der Waals surface area contributed by atoms with Gasteiger partial charge in [0.05, 0.1) is 11.6 Å². The standard InChI is InChI=1S/C22H18BrFN4O2/c23-14-2-5-20(27-11-14)30-19-9-13-8-18(19)28(12-13)22(29)17-10-15(24)3-4-16(17)21-25-6-1-7-26-21/h1-7,10-11,13,18-19H,8-9,12H2/t13-,18+,19-/m1/s1. The van der Waals surface area contributed by atoms with E-state index in [2.05, 4.69) is 30.9 Å². The summed E-state index contributed by atoms with van der Waals surface area (Å²) in [5.74, 6) is 0.615. The van der Waals surface area contributed by atoms with Gasteiger partial charge in [0.25, 0.3) is 5.91 Å². The van der Waals surface area contributed by atoms with Crippen molar-refractivity contribution in [1.29, 1.82) is 0 Å². The first kappa shape index (κ1) is 19.1. The maximum Gasteiger partial charge on any atom is 0.255 e. The van der Waals surface area contributed by atoms with Crippen LogP contribution in [0.1, 0.15) is 23.2 Å². The van der Waals surface area contributed by atoms with Crippen molar-refractivity contribution in [3.63, 3.8) is 0 Å². The quantitative estimate of drug-likeness (QED) is 0.575. The lowest BCUT2D eigenvalue weighted by Gasteiger charge is -2.33. The van der Waals surface area contributed by atoms with Gasteiger partial charge in [0.15, 0.2) is 5.82 Å². The lowest BCUT2D eigenvalue weighted by molar-refractivity contribution is 0.0466. The minimum atomic E-state index is -0.464. The first-order valence-corrected chi connectivity index (χ1v) is 10.5. The molecule has 2 aromatic heterocycles. The van der Waals surface area contributed by atoms with Crippen LogP contribution in [0, 0.1) is 11.7 Å². The number of carbonyl (C=O) groups excluding carboxylic acids is 1. The number of ether oxygens (including phenoxy) is 1. The number of aromatic nitrogens is 3. The van der Waals surface area contributed by atoms with Gasteiger partial charge in [0, 0.05) is 41.2 Å². The number of halogens is 2. The number of likely N-dealkylation sites (tertiary alicyclic amines) is 1. The first-order valence-electron chi connectivity index (χ1n) is 9.74. The monoisotopic (exact) mass is 468 g/mol. The highest BCUT2D eigenvalue weighted by Crippen LogP contribution is 2.41. The van der Waals surface area contributed by atoms with Gasteiger partial charge in [-0.1, -0.05) is 0 Å². The van der Waals surface area contributed by atoms with E-state index in [9.17, 15) is 9.18 Å². The van der Waals surface area contributed by atoms with E-state index >= 15 is 0 Å². The number of rotatable bonds is 4. The van der Waals surface area contributed by atoms with E-state index in [1.807, 2.05) is 6.07 Å². The summed E-state index contributed by atoms with van der Waals surface area (Å²) in [5, 5.41) is 0. The van der Waals surface area contributed by atoms with Gasteiger partial charge >= 0.3 is 0 Å². The Morgan fingerprint density at radius 1 is 1.13 bits per heavy atom. The molecule has 1 saturated heterocycles. The van der Waals surface area contributed by atoms with Crippen molar-refractivity contribution in [1.82, 2.24) is 19.9 Å². The van der Waals surface area contributed by atoms with Crippen LogP contribution in [0.4, 0.5) is 4.39 Å². The van der Waals surface area contributed by atoms with Crippen LogP contribution in [0.25, 0.3) is 11.4 Å². The Morgan fingerprint density at radius 2 is 1.97 bits per heavy atom. The van der Waals surface area contributed by atoms with Gasteiger partial charge in [-0.05, 0) is 65.0 Å². The number of benzene rings is 1. The molecule has 0 spiro atoms. The molecule has 5 rings (SSSR count). The van der Waals surface area contributed by atoms with E-state index in [1.165, 1.54) is 12.1 Å². The van der Waals surface area contributed by atoms with Gasteiger partial charge in [-0.25, -0.2) is 19.3 Å². The van der Waals surface area contributed by atoms with Gasteiger partial charge in [-0.15, -0.1) is 0 Å². The summed E-state index contributed by atoms with van der Waals surface area (Å²) in [6.07, 6.45) is 6.51. The lowest BCUT2D eigenvalue weighted by atomic mass is 10.0. The Labute approximate surface area is 181 Å². The average molecular weight is 469 g/mol. The fourth-order valence-electron chi connectivity index (χ4n) is 4.39. The number of pyridine rings is 1. The van der Waals surface area contributed by atoms with Crippen molar-refractivity contribution in [2.24, 2.45) is 5.92 Å². The van der Waals surface area contributed by atoms with Crippen LogP contribution in [0.3, 0.4) is 0 Å². The molecule has 3 atom stereocenters. The molecule has 2 aliphatic rings. The number of amides is 1. The van der Waals surface area contributed by atoms with E-state index in [0.717, 1.165) is 17.3 Å². The van der Waals surface area contributed by atoms with Gasteiger partial charge in [-0.3, -0.25) is 4.79 Å². The highest BCUT2D eigenvalue weighted by molar-refractivity contribution is 9.10. The van der Waals surface area contributed by atoms with Gasteiger partial charge in [0.2, 0.25) is 5.88 Å². The Balaban J connectivity index is 1.42. The smallest absolute Gasteiger partial charge is 0.255 e. The van der Waals surface area contributed by atoms with Crippen molar-refractivity contribution in [2.45, 2.75) is 25.0 Å². The molecule has 0 radical (unpaired) electrons. The van der Waals surface area contributed by atoms with Crippen molar-refractivity contribution in [2.75, 3.05) is 6.54 Å². The number of hydrogen-bond donors (Lipinski definition) is 0. The molecule has 0 N–H and O–H groups in total.